The van der Waals surface area contributed by atoms with Gasteiger partial charge in [-0.2, -0.15) is 0 Å². The highest BCUT2D eigenvalue weighted by Gasteiger charge is 2.31. The number of aliphatic hydroxyl groups is 1. The van der Waals surface area contributed by atoms with E-state index in [0.29, 0.717) is 5.69 Å². The van der Waals surface area contributed by atoms with Crippen LogP contribution in [0, 0.1) is 0 Å². The second kappa shape index (κ2) is 5.75. The van der Waals surface area contributed by atoms with Crippen LogP contribution in [0.3, 0.4) is 0 Å². The van der Waals surface area contributed by atoms with E-state index in [-0.39, 0.29) is 18.0 Å². The molecule has 2 N–H and O–H groups in total. The predicted molar refractivity (Wildman–Crippen MR) is 68.5 cm³/mol. The van der Waals surface area contributed by atoms with E-state index in [2.05, 4.69) is 4.84 Å². The van der Waals surface area contributed by atoms with Crippen molar-refractivity contribution in [3.63, 3.8) is 0 Å². The molecule has 1 unspecified atom stereocenters. The van der Waals surface area contributed by atoms with Crippen LogP contribution >= 0.6 is 0 Å². The number of carbonyl (C=O) groups is 1. The highest BCUT2D eigenvalue weighted by atomic mass is 32.2. The Morgan fingerprint density at radius 1 is 1.45 bits per heavy atom. The van der Waals surface area contributed by atoms with Crippen LogP contribution in [0.15, 0.2) is 29.2 Å². The van der Waals surface area contributed by atoms with Crippen molar-refractivity contribution in [3.05, 3.63) is 24.3 Å². The maximum atomic E-state index is 11.7. The number of nitrogens with zero attached hydrogens (tertiary/aromatic N) is 1. The highest BCUT2D eigenvalue weighted by Crippen LogP contribution is 2.23. The number of ether oxygens (including phenoxy) is 1. The van der Waals surface area contributed by atoms with Crippen molar-refractivity contribution in [2.45, 2.75) is 11.0 Å². The molecular weight excluding hydrogens is 288 g/mol. The number of sulfonamides is 1. The summed E-state index contributed by atoms with van der Waals surface area (Å²) < 4.78 is 28.2. The van der Waals surface area contributed by atoms with Crippen molar-refractivity contribution in [1.82, 2.24) is 4.89 Å². The van der Waals surface area contributed by atoms with Crippen molar-refractivity contribution >= 4 is 21.8 Å². The molecule has 1 aromatic rings. The van der Waals surface area contributed by atoms with Gasteiger partial charge >= 0.3 is 6.09 Å². The minimum absolute atomic E-state index is 0.00868. The van der Waals surface area contributed by atoms with Gasteiger partial charge in [-0.05, 0) is 24.3 Å². The molecule has 1 amide bonds. The summed E-state index contributed by atoms with van der Waals surface area (Å²) in [5.74, 6) is 0. The Morgan fingerprint density at radius 3 is 2.60 bits per heavy atom. The molecule has 9 heteroatoms. The smallest absolute Gasteiger partial charge is 0.414 e. The number of aliphatic hydroxyl groups excluding tert-OH is 1. The molecule has 1 heterocycles. The number of rotatable bonds is 5. The molecule has 1 fully saturated rings. The van der Waals surface area contributed by atoms with E-state index in [9.17, 15) is 13.2 Å². The summed E-state index contributed by atoms with van der Waals surface area (Å²) in [4.78, 5) is 19.2. The molecule has 1 saturated heterocycles. The van der Waals surface area contributed by atoms with Crippen LogP contribution in [0.25, 0.3) is 0 Å². The minimum Gasteiger partial charge on any atom is -0.441 e. The summed E-state index contributed by atoms with van der Waals surface area (Å²) in [5.41, 5.74) is 0.488. The van der Waals surface area contributed by atoms with E-state index >= 15 is 0 Å². The molecule has 20 heavy (non-hydrogen) atoms. The van der Waals surface area contributed by atoms with Crippen molar-refractivity contribution in [1.29, 1.82) is 0 Å². The zero-order valence-corrected chi connectivity index (χ0v) is 11.5. The van der Waals surface area contributed by atoms with Gasteiger partial charge in [0.05, 0.1) is 25.2 Å². The maximum Gasteiger partial charge on any atom is 0.414 e. The fourth-order valence-electron chi connectivity index (χ4n) is 1.79. The SMILES string of the molecule is CONS(=O)(=O)c1ccc(N2CC(CO)OC2=O)cc1. The van der Waals surface area contributed by atoms with Gasteiger partial charge in [0.15, 0.2) is 0 Å². The molecule has 0 aromatic heterocycles. The van der Waals surface area contributed by atoms with E-state index in [1.165, 1.54) is 36.3 Å². The highest BCUT2D eigenvalue weighted by molar-refractivity contribution is 7.89. The number of carbonyl (C=O) groups excluding carboxylic acids is 1. The van der Waals surface area contributed by atoms with Crippen LogP contribution in [-0.4, -0.2) is 46.0 Å². The van der Waals surface area contributed by atoms with E-state index in [0.717, 1.165) is 0 Å². The van der Waals surface area contributed by atoms with E-state index in [1.807, 2.05) is 4.89 Å². The summed E-state index contributed by atoms with van der Waals surface area (Å²) in [6.45, 7) is -0.0375. The number of benzene rings is 1. The lowest BCUT2D eigenvalue weighted by molar-refractivity contribution is 0.0963. The van der Waals surface area contributed by atoms with Gasteiger partial charge in [0, 0.05) is 5.69 Å². The Kier molecular flexibility index (Phi) is 4.23. The summed E-state index contributed by atoms with van der Waals surface area (Å²) in [6.07, 6.45) is -1.14. The van der Waals surface area contributed by atoms with E-state index in [1.54, 1.807) is 0 Å². The van der Waals surface area contributed by atoms with Gasteiger partial charge in [0.25, 0.3) is 10.0 Å². The quantitative estimate of drug-likeness (QED) is 0.733. The Labute approximate surface area is 115 Å². The zero-order valence-electron chi connectivity index (χ0n) is 10.6. The van der Waals surface area contributed by atoms with Crippen molar-refractivity contribution in [2.24, 2.45) is 0 Å². The van der Waals surface area contributed by atoms with Crippen LogP contribution in [0.1, 0.15) is 0 Å². The molecule has 0 bridgehead atoms. The average molecular weight is 302 g/mol. The first kappa shape index (κ1) is 14.7. The number of nitrogens with one attached hydrogen (secondary N) is 1. The van der Waals surface area contributed by atoms with Crippen LogP contribution in [0.4, 0.5) is 10.5 Å². The van der Waals surface area contributed by atoms with Crippen LogP contribution in [0.2, 0.25) is 0 Å². The predicted octanol–water partition coefficient (Wildman–Crippen LogP) is -0.156. The molecule has 0 spiro atoms. The topological polar surface area (TPSA) is 105 Å². The number of hydrogen-bond donors (Lipinski definition) is 2. The lowest BCUT2D eigenvalue weighted by atomic mass is 10.3. The summed E-state index contributed by atoms with van der Waals surface area (Å²) in [5, 5.41) is 8.95. The molecule has 110 valence electrons. The Balaban J connectivity index is 2.19. The molecule has 0 radical (unpaired) electrons. The van der Waals surface area contributed by atoms with Gasteiger partial charge < -0.3 is 9.84 Å². The molecule has 0 saturated carbocycles. The third-order valence-electron chi connectivity index (χ3n) is 2.73. The van der Waals surface area contributed by atoms with Gasteiger partial charge in [-0.15, -0.1) is 0 Å². The fourth-order valence-corrected chi connectivity index (χ4v) is 2.60. The molecular formula is C11H14N2O6S. The van der Waals surface area contributed by atoms with Crippen LogP contribution in [0.5, 0.6) is 0 Å². The summed E-state index contributed by atoms with van der Waals surface area (Å²) >= 11 is 0. The minimum atomic E-state index is -3.73. The molecule has 1 aromatic carbocycles. The third kappa shape index (κ3) is 2.90. The first-order chi connectivity index (χ1) is 9.47. The molecule has 1 aliphatic heterocycles. The van der Waals surface area contributed by atoms with Crippen molar-refractivity contribution in [3.8, 4) is 0 Å². The van der Waals surface area contributed by atoms with Crippen molar-refractivity contribution in [2.75, 3.05) is 25.2 Å². The Morgan fingerprint density at radius 2 is 2.10 bits per heavy atom. The standard InChI is InChI=1S/C11H14N2O6S/c1-18-12-20(16,17)10-4-2-8(3-5-10)13-6-9(7-14)19-11(13)15/h2-5,9,12,14H,6-7H2,1H3. The van der Waals surface area contributed by atoms with E-state index < -0.39 is 22.2 Å². The van der Waals surface area contributed by atoms with Gasteiger partial charge in [0.1, 0.15) is 6.10 Å². The maximum absolute atomic E-state index is 11.7. The fraction of sp³-hybridized carbons (Fsp3) is 0.364. The average Bonchev–Trinajstić information content (AvgIpc) is 2.80. The second-order valence-electron chi connectivity index (χ2n) is 4.08. The molecule has 2 rings (SSSR count). The molecule has 0 aliphatic carbocycles. The first-order valence-electron chi connectivity index (χ1n) is 5.72. The molecule has 1 atom stereocenters. The first-order valence-corrected chi connectivity index (χ1v) is 7.20. The van der Waals surface area contributed by atoms with E-state index in [4.69, 9.17) is 9.84 Å². The van der Waals surface area contributed by atoms with Gasteiger partial charge in [-0.1, -0.05) is 4.89 Å². The second-order valence-corrected chi connectivity index (χ2v) is 5.73. The van der Waals surface area contributed by atoms with Gasteiger partial charge in [0.2, 0.25) is 0 Å². The normalized spacial score (nSPS) is 19.2. The lowest BCUT2D eigenvalue weighted by Crippen LogP contribution is -2.26. The third-order valence-corrected chi connectivity index (χ3v) is 4.01. The number of cyclic esters (lactones) is 1. The summed E-state index contributed by atoms with van der Waals surface area (Å²) in [6, 6.07) is 5.64. The number of hydrogen-bond acceptors (Lipinski definition) is 6. The van der Waals surface area contributed by atoms with Gasteiger partial charge in [-0.3, -0.25) is 9.74 Å². The van der Waals surface area contributed by atoms with Crippen LogP contribution < -0.4 is 9.79 Å². The number of anilines is 1. The monoisotopic (exact) mass is 302 g/mol. The zero-order chi connectivity index (χ0) is 14.8. The van der Waals surface area contributed by atoms with Crippen molar-refractivity contribution < 1.29 is 27.9 Å². The Bertz CT molecular complexity index is 585. The molecule has 8 nitrogen and oxygen atoms in total. The largest absolute Gasteiger partial charge is 0.441 e. The van der Waals surface area contributed by atoms with Gasteiger partial charge in [-0.25, -0.2) is 13.2 Å². The lowest BCUT2D eigenvalue weighted by Gasteiger charge is -2.13. The van der Waals surface area contributed by atoms with Crippen LogP contribution in [-0.2, 0) is 19.6 Å². The Hall–Kier alpha value is -1.68. The summed E-state index contributed by atoms with van der Waals surface area (Å²) in [7, 11) is -2.53. The number of amides is 1. The molecule has 1 aliphatic rings.